The minimum absolute atomic E-state index is 0.0333. The lowest BCUT2D eigenvalue weighted by molar-refractivity contribution is 0.0694. The maximum atomic E-state index is 10.8. The molecule has 0 bridgehead atoms. The summed E-state index contributed by atoms with van der Waals surface area (Å²) in [6, 6.07) is 3.69. The average Bonchev–Trinajstić information content (AvgIpc) is 2.36. The summed E-state index contributed by atoms with van der Waals surface area (Å²) in [5, 5.41) is 25.9. The van der Waals surface area contributed by atoms with Crippen LogP contribution in [-0.2, 0) is 0 Å². The van der Waals surface area contributed by atoms with E-state index in [0.29, 0.717) is 0 Å². The summed E-state index contributed by atoms with van der Waals surface area (Å²) in [5.41, 5.74) is 16.5. The van der Waals surface area contributed by atoms with Gasteiger partial charge in [0.25, 0.3) is 0 Å². The van der Waals surface area contributed by atoms with Crippen LogP contribution in [0.25, 0.3) is 0 Å². The Labute approximate surface area is 118 Å². The van der Waals surface area contributed by atoms with E-state index in [1.165, 1.54) is 12.1 Å². The first-order valence-corrected chi connectivity index (χ1v) is 5.55. The number of phenols is 1. The van der Waals surface area contributed by atoms with Crippen LogP contribution < -0.4 is 17.2 Å². The number of carbonyl (C=O) groups is 1. The Morgan fingerprint density at radius 2 is 1.71 bits per heavy atom. The Hall–Kier alpha value is -3.43. The van der Waals surface area contributed by atoms with E-state index in [1.54, 1.807) is 0 Å². The van der Waals surface area contributed by atoms with Crippen LogP contribution in [0.1, 0.15) is 10.4 Å². The van der Waals surface area contributed by atoms with Gasteiger partial charge in [0.15, 0.2) is 17.3 Å². The number of aromatic nitrogens is 2. The largest absolute Gasteiger partial charge is 0.507 e. The van der Waals surface area contributed by atoms with Crippen LogP contribution in [0.4, 0.5) is 29.0 Å². The molecule has 0 radical (unpaired) electrons. The van der Waals surface area contributed by atoms with Gasteiger partial charge in [-0.15, -0.1) is 5.11 Å². The molecule has 0 saturated carbocycles. The van der Waals surface area contributed by atoms with E-state index in [-0.39, 0.29) is 34.5 Å². The number of azo groups is 1. The lowest BCUT2D eigenvalue weighted by atomic mass is 10.2. The summed E-state index contributed by atoms with van der Waals surface area (Å²) in [7, 11) is 0. The number of nitrogen functional groups attached to an aromatic ring is 3. The Morgan fingerprint density at radius 1 is 1.10 bits per heavy atom. The number of nitrogens with zero attached hydrogens (tertiary/aromatic N) is 4. The lowest BCUT2D eigenvalue weighted by Gasteiger charge is -2.03. The molecule has 108 valence electrons. The molecule has 0 spiro atoms. The maximum Gasteiger partial charge on any atom is 0.339 e. The maximum absolute atomic E-state index is 10.8. The van der Waals surface area contributed by atoms with Gasteiger partial charge in [0, 0.05) is 6.07 Å². The number of carboxylic acids is 1. The van der Waals surface area contributed by atoms with Gasteiger partial charge in [0.1, 0.15) is 11.3 Å². The molecule has 0 fully saturated rings. The zero-order valence-electron chi connectivity index (χ0n) is 10.6. The van der Waals surface area contributed by atoms with Crippen LogP contribution in [0.15, 0.2) is 28.4 Å². The van der Waals surface area contributed by atoms with E-state index >= 15 is 0 Å². The highest BCUT2D eigenvalue weighted by atomic mass is 16.4. The van der Waals surface area contributed by atoms with E-state index in [2.05, 4.69) is 20.2 Å². The molecule has 0 unspecified atom stereocenters. The van der Waals surface area contributed by atoms with E-state index in [9.17, 15) is 9.90 Å². The molecule has 1 aromatic carbocycles. The summed E-state index contributed by atoms with van der Waals surface area (Å²) in [5.74, 6) is -1.87. The van der Waals surface area contributed by atoms with Crippen LogP contribution in [0.3, 0.4) is 0 Å². The second kappa shape index (κ2) is 5.28. The van der Waals surface area contributed by atoms with Crippen LogP contribution >= 0.6 is 0 Å². The summed E-state index contributed by atoms with van der Waals surface area (Å²) >= 11 is 0. The van der Waals surface area contributed by atoms with Gasteiger partial charge in [-0.1, -0.05) is 0 Å². The summed E-state index contributed by atoms with van der Waals surface area (Å²) in [4.78, 5) is 18.1. The van der Waals surface area contributed by atoms with E-state index in [4.69, 9.17) is 22.3 Å². The zero-order valence-corrected chi connectivity index (χ0v) is 10.6. The highest BCUT2D eigenvalue weighted by Gasteiger charge is 2.10. The molecular formula is C11H11N7O3. The molecule has 10 nitrogen and oxygen atoms in total. The van der Waals surface area contributed by atoms with Gasteiger partial charge in [-0.2, -0.15) is 15.1 Å². The summed E-state index contributed by atoms with van der Waals surface area (Å²) in [6.45, 7) is 0. The Bertz CT molecular complexity index is 722. The normalized spacial score (nSPS) is 10.9. The van der Waals surface area contributed by atoms with Crippen LogP contribution in [0.5, 0.6) is 5.75 Å². The molecule has 0 aliphatic carbocycles. The van der Waals surface area contributed by atoms with Crippen molar-refractivity contribution in [1.29, 1.82) is 0 Å². The number of anilines is 3. The molecule has 2 aromatic rings. The number of aromatic hydroxyl groups is 1. The molecular weight excluding hydrogens is 278 g/mol. The van der Waals surface area contributed by atoms with Crippen molar-refractivity contribution in [2.45, 2.75) is 0 Å². The van der Waals surface area contributed by atoms with E-state index < -0.39 is 11.7 Å². The number of benzene rings is 1. The number of nitrogens with two attached hydrogens (primary N) is 3. The molecule has 2 rings (SSSR count). The van der Waals surface area contributed by atoms with Crippen LogP contribution in [0.2, 0.25) is 0 Å². The average molecular weight is 289 g/mol. The number of aromatic carboxylic acids is 1. The number of carboxylic acid groups (broad SMARTS) is 1. The SMILES string of the molecule is Nc1nc(N)c(N=Nc2ccc(C(=O)O)c(O)c2)c(N)n1. The van der Waals surface area contributed by atoms with Crippen molar-refractivity contribution in [3.8, 4) is 5.75 Å². The zero-order chi connectivity index (χ0) is 15.6. The molecule has 10 heteroatoms. The fourth-order valence-corrected chi connectivity index (χ4v) is 1.48. The third kappa shape index (κ3) is 2.94. The van der Waals surface area contributed by atoms with Crippen molar-refractivity contribution in [2.75, 3.05) is 17.2 Å². The number of hydrogen-bond donors (Lipinski definition) is 5. The highest BCUT2D eigenvalue weighted by Crippen LogP contribution is 2.30. The first-order chi connectivity index (χ1) is 9.88. The van der Waals surface area contributed by atoms with Crippen molar-refractivity contribution in [2.24, 2.45) is 10.2 Å². The quantitative estimate of drug-likeness (QED) is 0.518. The van der Waals surface area contributed by atoms with E-state index in [1.807, 2.05) is 0 Å². The van der Waals surface area contributed by atoms with Crippen molar-refractivity contribution >= 4 is 34.9 Å². The van der Waals surface area contributed by atoms with E-state index in [0.717, 1.165) is 6.07 Å². The Kier molecular flexibility index (Phi) is 3.52. The van der Waals surface area contributed by atoms with Crippen LogP contribution in [-0.4, -0.2) is 26.2 Å². The van der Waals surface area contributed by atoms with Crippen molar-refractivity contribution < 1.29 is 15.0 Å². The first kappa shape index (κ1) is 14.0. The van der Waals surface area contributed by atoms with Gasteiger partial charge in [-0.05, 0) is 12.1 Å². The van der Waals surface area contributed by atoms with Crippen LogP contribution in [0, 0.1) is 0 Å². The second-order valence-electron chi connectivity index (χ2n) is 3.91. The minimum Gasteiger partial charge on any atom is -0.507 e. The molecule has 1 heterocycles. The molecule has 0 saturated heterocycles. The van der Waals surface area contributed by atoms with Crippen molar-refractivity contribution in [3.05, 3.63) is 23.8 Å². The van der Waals surface area contributed by atoms with Gasteiger partial charge in [0.2, 0.25) is 5.95 Å². The van der Waals surface area contributed by atoms with Crippen molar-refractivity contribution in [1.82, 2.24) is 9.97 Å². The van der Waals surface area contributed by atoms with Gasteiger partial charge in [-0.3, -0.25) is 0 Å². The third-order valence-electron chi connectivity index (χ3n) is 2.43. The smallest absolute Gasteiger partial charge is 0.339 e. The van der Waals surface area contributed by atoms with Gasteiger partial charge in [0.05, 0.1) is 5.69 Å². The number of hydrogen-bond acceptors (Lipinski definition) is 9. The first-order valence-electron chi connectivity index (χ1n) is 5.55. The van der Waals surface area contributed by atoms with Gasteiger partial charge >= 0.3 is 5.97 Å². The minimum atomic E-state index is -1.25. The highest BCUT2D eigenvalue weighted by molar-refractivity contribution is 5.91. The third-order valence-corrected chi connectivity index (χ3v) is 2.43. The number of rotatable bonds is 3. The Balaban J connectivity index is 2.34. The predicted molar refractivity (Wildman–Crippen MR) is 74.5 cm³/mol. The topological polar surface area (TPSA) is 186 Å². The van der Waals surface area contributed by atoms with Crippen molar-refractivity contribution in [3.63, 3.8) is 0 Å². The summed E-state index contributed by atoms with van der Waals surface area (Å²) in [6.07, 6.45) is 0. The molecule has 8 N–H and O–H groups in total. The molecule has 21 heavy (non-hydrogen) atoms. The molecule has 1 aromatic heterocycles. The molecule has 0 aliphatic rings. The fourth-order valence-electron chi connectivity index (χ4n) is 1.48. The predicted octanol–water partition coefficient (Wildman–Crippen LogP) is 1.04. The lowest BCUT2D eigenvalue weighted by Crippen LogP contribution is -2.03. The van der Waals surface area contributed by atoms with Gasteiger partial charge < -0.3 is 27.4 Å². The molecule has 0 amide bonds. The second-order valence-corrected chi connectivity index (χ2v) is 3.91. The molecule has 0 atom stereocenters. The van der Waals surface area contributed by atoms with Gasteiger partial charge in [-0.25, -0.2) is 4.79 Å². The standard InChI is InChI=1S/C11H11N7O3/c12-8-7(9(13)16-11(14)15-8)18-17-4-1-2-5(10(20)21)6(19)3-4/h1-3,19H,(H,20,21)(H6,12,13,14,15,16). The monoisotopic (exact) mass is 289 g/mol. The fraction of sp³-hybridized carbons (Fsp3) is 0. The Morgan fingerprint density at radius 3 is 2.24 bits per heavy atom. The summed E-state index contributed by atoms with van der Waals surface area (Å²) < 4.78 is 0. The molecule has 0 aliphatic heterocycles.